The van der Waals surface area contributed by atoms with Gasteiger partial charge in [-0.2, -0.15) is 0 Å². The molecule has 0 saturated heterocycles. The van der Waals surface area contributed by atoms with Crippen LogP contribution in [0.4, 0.5) is 5.69 Å². The van der Waals surface area contributed by atoms with Crippen LogP contribution in [0.2, 0.25) is 0 Å². The first-order valence-electron chi connectivity index (χ1n) is 5.57. The zero-order valence-corrected chi connectivity index (χ0v) is 9.53. The first-order chi connectivity index (χ1) is 7.20. The molecule has 0 spiro atoms. The number of nitrogens with zero attached hydrogens (tertiary/aromatic N) is 2. The topological polar surface area (TPSA) is 42.1 Å². The smallest absolute Gasteiger partial charge is 0.0442 e. The maximum absolute atomic E-state index is 5.72. The molecule has 1 fully saturated rings. The van der Waals surface area contributed by atoms with Gasteiger partial charge in [-0.3, -0.25) is 4.98 Å². The van der Waals surface area contributed by atoms with Crippen molar-refractivity contribution in [3.63, 3.8) is 0 Å². The summed E-state index contributed by atoms with van der Waals surface area (Å²) in [5.41, 5.74) is 9.17. The quantitative estimate of drug-likeness (QED) is 0.813. The molecule has 0 aromatic carbocycles. The van der Waals surface area contributed by atoms with Crippen LogP contribution in [0.1, 0.15) is 24.1 Å². The Hall–Kier alpha value is -1.09. The van der Waals surface area contributed by atoms with Crippen molar-refractivity contribution in [3.8, 4) is 0 Å². The van der Waals surface area contributed by atoms with E-state index in [1.165, 1.54) is 18.5 Å². The molecule has 0 atom stereocenters. The molecular formula is C12H19N3. The number of nitrogens with two attached hydrogens (primary N) is 1. The highest BCUT2D eigenvalue weighted by Crippen LogP contribution is 2.31. The Morgan fingerprint density at radius 1 is 1.53 bits per heavy atom. The molecule has 0 bridgehead atoms. The predicted octanol–water partition coefficient (Wildman–Crippen LogP) is 1.69. The molecule has 2 rings (SSSR count). The highest BCUT2D eigenvalue weighted by molar-refractivity contribution is 5.53. The molecule has 0 radical (unpaired) electrons. The van der Waals surface area contributed by atoms with Crippen molar-refractivity contribution >= 4 is 5.69 Å². The maximum Gasteiger partial charge on any atom is 0.0442 e. The first kappa shape index (κ1) is 10.4. The second-order valence-corrected chi connectivity index (χ2v) is 4.48. The summed E-state index contributed by atoms with van der Waals surface area (Å²) in [6.45, 7) is 3.74. The second kappa shape index (κ2) is 4.19. The molecule has 2 N–H and O–H groups in total. The van der Waals surface area contributed by atoms with E-state index in [9.17, 15) is 0 Å². The lowest BCUT2D eigenvalue weighted by Gasteiger charge is -2.22. The van der Waals surface area contributed by atoms with Crippen LogP contribution in [0, 0.1) is 12.8 Å². The number of pyridine rings is 1. The summed E-state index contributed by atoms with van der Waals surface area (Å²) in [7, 11) is 2.15. The summed E-state index contributed by atoms with van der Waals surface area (Å²) in [5.74, 6) is 0.897. The predicted molar refractivity (Wildman–Crippen MR) is 62.9 cm³/mol. The van der Waals surface area contributed by atoms with Crippen LogP contribution in [-0.2, 0) is 6.54 Å². The van der Waals surface area contributed by atoms with Crippen molar-refractivity contribution in [2.75, 3.05) is 18.5 Å². The largest absolute Gasteiger partial charge is 0.374 e. The number of rotatable bonds is 4. The standard InChI is InChI=1S/C12H19N3/c1-9-5-12(11(6-13)7-14-9)15(2)8-10-3-4-10/h5,7,10H,3-4,6,8,13H2,1-2H3. The van der Waals surface area contributed by atoms with Crippen LogP contribution < -0.4 is 10.6 Å². The van der Waals surface area contributed by atoms with Gasteiger partial charge in [0.1, 0.15) is 0 Å². The summed E-state index contributed by atoms with van der Waals surface area (Å²) >= 11 is 0. The Kier molecular flexibility index (Phi) is 2.91. The third-order valence-corrected chi connectivity index (χ3v) is 2.96. The molecule has 0 unspecified atom stereocenters. The van der Waals surface area contributed by atoms with Gasteiger partial charge in [-0.05, 0) is 31.7 Å². The molecule has 82 valence electrons. The number of hydrogen-bond donors (Lipinski definition) is 1. The van der Waals surface area contributed by atoms with E-state index in [0.29, 0.717) is 6.54 Å². The minimum atomic E-state index is 0.567. The van der Waals surface area contributed by atoms with Crippen LogP contribution in [0.5, 0.6) is 0 Å². The molecule has 3 nitrogen and oxygen atoms in total. The van der Waals surface area contributed by atoms with Crippen molar-refractivity contribution in [3.05, 3.63) is 23.5 Å². The molecule has 1 aromatic rings. The lowest BCUT2D eigenvalue weighted by Crippen LogP contribution is -2.22. The van der Waals surface area contributed by atoms with Crippen LogP contribution >= 0.6 is 0 Å². The van der Waals surface area contributed by atoms with E-state index < -0.39 is 0 Å². The lowest BCUT2D eigenvalue weighted by molar-refractivity contribution is 0.780. The number of aryl methyl sites for hydroxylation is 1. The Balaban J connectivity index is 2.18. The van der Waals surface area contributed by atoms with Crippen LogP contribution in [0.25, 0.3) is 0 Å². The summed E-state index contributed by atoms with van der Waals surface area (Å²) in [6.07, 6.45) is 4.66. The van der Waals surface area contributed by atoms with E-state index in [4.69, 9.17) is 5.73 Å². The molecule has 1 heterocycles. The highest BCUT2D eigenvalue weighted by Gasteiger charge is 2.23. The molecular weight excluding hydrogens is 186 g/mol. The van der Waals surface area contributed by atoms with Gasteiger partial charge in [0.2, 0.25) is 0 Å². The molecule has 1 aliphatic carbocycles. The Bertz CT molecular complexity index is 345. The first-order valence-corrected chi connectivity index (χ1v) is 5.57. The van der Waals surface area contributed by atoms with Crippen LogP contribution in [0.3, 0.4) is 0 Å². The Labute approximate surface area is 91.3 Å². The number of hydrogen-bond acceptors (Lipinski definition) is 3. The minimum Gasteiger partial charge on any atom is -0.374 e. The maximum atomic E-state index is 5.72. The van der Waals surface area contributed by atoms with Gasteiger partial charge in [0.15, 0.2) is 0 Å². The number of aromatic nitrogens is 1. The molecule has 1 aliphatic rings. The van der Waals surface area contributed by atoms with Gasteiger partial charge in [0, 0.05) is 43.3 Å². The van der Waals surface area contributed by atoms with Gasteiger partial charge in [0.05, 0.1) is 0 Å². The van der Waals surface area contributed by atoms with Crippen LogP contribution in [0.15, 0.2) is 12.3 Å². The van der Waals surface area contributed by atoms with Gasteiger partial charge < -0.3 is 10.6 Å². The molecule has 3 heteroatoms. The average molecular weight is 205 g/mol. The molecule has 1 aromatic heterocycles. The van der Waals surface area contributed by atoms with Crippen molar-refractivity contribution in [2.24, 2.45) is 11.7 Å². The van der Waals surface area contributed by atoms with E-state index in [1.807, 2.05) is 13.1 Å². The molecule has 1 saturated carbocycles. The third kappa shape index (κ3) is 2.48. The highest BCUT2D eigenvalue weighted by atomic mass is 15.1. The molecule has 15 heavy (non-hydrogen) atoms. The average Bonchev–Trinajstić information content (AvgIpc) is 3.01. The summed E-state index contributed by atoms with van der Waals surface area (Å²) in [4.78, 5) is 6.60. The van der Waals surface area contributed by atoms with E-state index in [0.717, 1.165) is 23.7 Å². The van der Waals surface area contributed by atoms with E-state index >= 15 is 0 Å². The van der Waals surface area contributed by atoms with E-state index in [2.05, 4.69) is 23.0 Å². The SMILES string of the molecule is Cc1cc(N(C)CC2CC2)c(CN)cn1. The summed E-state index contributed by atoms with van der Waals surface area (Å²) < 4.78 is 0. The van der Waals surface area contributed by atoms with Gasteiger partial charge in [0.25, 0.3) is 0 Å². The number of anilines is 1. The zero-order chi connectivity index (χ0) is 10.8. The van der Waals surface area contributed by atoms with Crippen LogP contribution in [-0.4, -0.2) is 18.6 Å². The van der Waals surface area contributed by atoms with Crippen molar-refractivity contribution in [1.82, 2.24) is 4.98 Å². The van der Waals surface area contributed by atoms with Crippen molar-refractivity contribution in [1.29, 1.82) is 0 Å². The lowest BCUT2D eigenvalue weighted by atomic mass is 10.2. The Morgan fingerprint density at radius 2 is 2.27 bits per heavy atom. The molecule has 0 amide bonds. The monoisotopic (exact) mass is 205 g/mol. The summed E-state index contributed by atoms with van der Waals surface area (Å²) in [5, 5.41) is 0. The van der Waals surface area contributed by atoms with Gasteiger partial charge in [-0.1, -0.05) is 0 Å². The molecule has 0 aliphatic heterocycles. The van der Waals surface area contributed by atoms with Gasteiger partial charge in [-0.15, -0.1) is 0 Å². The fourth-order valence-corrected chi connectivity index (χ4v) is 1.87. The summed E-state index contributed by atoms with van der Waals surface area (Å²) in [6, 6.07) is 2.13. The van der Waals surface area contributed by atoms with Crippen molar-refractivity contribution in [2.45, 2.75) is 26.3 Å². The van der Waals surface area contributed by atoms with Crippen molar-refractivity contribution < 1.29 is 0 Å². The third-order valence-electron chi connectivity index (χ3n) is 2.96. The Morgan fingerprint density at radius 3 is 2.87 bits per heavy atom. The normalized spacial score (nSPS) is 15.4. The van der Waals surface area contributed by atoms with Gasteiger partial charge in [-0.25, -0.2) is 0 Å². The van der Waals surface area contributed by atoms with E-state index in [-0.39, 0.29) is 0 Å². The second-order valence-electron chi connectivity index (χ2n) is 4.48. The fraction of sp³-hybridized carbons (Fsp3) is 0.583. The zero-order valence-electron chi connectivity index (χ0n) is 9.53. The van der Waals surface area contributed by atoms with Gasteiger partial charge >= 0.3 is 0 Å². The fourth-order valence-electron chi connectivity index (χ4n) is 1.87. The van der Waals surface area contributed by atoms with E-state index in [1.54, 1.807) is 0 Å². The minimum absolute atomic E-state index is 0.567.